The number of halogens is 1. The van der Waals surface area contributed by atoms with Gasteiger partial charge in [0.15, 0.2) is 17.5 Å². The van der Waals surface area contributed by atoms with Crippen molar-refractivity contribution in [2.45, 2.75) is 19.4 Å². The summed E-state index contributed by atoms with van der Waals surface area (Å²) < 4.78 is 21.6. The van der Waals surface area contributed by atoms with Crippen molar-refractivity contribution in [3.05, 3.63) is 40.6 Å². The Morgan fingerprint density at radius 3 is 3.04 bits per heavy atom. The predicted molar refractivity (Wildman–Crippen MR) is 91.3 cm³/mol. The summed E-state index contributed by atoms with van der Waals surface area (Å²) in [6.45, 7) is 3.73. The van der Waals surface area contributed by atoms with Gasteiger partial charge in [0, 0.05) is 39.1 Å². The highest BCUT2D eigenvalue weighted by Crippen LogP contribution is 2.20. The van der Waals surface area contributed by atoms with Crippen LogP contribution in [0.3, 0.4) is 0 Å². The molecule has 9 heteroatoms. The van der Waals surface area contributed by atoms with Crippen molar-refractivity contribution in [3.8, 4) is 0 Å². The molecule has 1 saturated heterocycles. The molecule has 1 unspecified atom stereocenters. The van der Waals surface area contributed by atoms with Crippen LogP contribution in [0.1, 0.15) is 12.6 Å². The molecule has 0 bridgehead atoms. The van der Waals surface area contributed by atoms with Gasteiger partial charge in [0.05, 0.1) is 18.4 Å². The van der Waals surface area contributed by atoms with Gasteiger partial charge >= 0.3 is 0 Å². The number of aryl methyl sites for hydroxylation is 2. The first-order valence-corrected chi connectivity index (χ1v) is 8.21. The molecule has 0 amide bonds. The molecule has 8 nitrogen and oxygen atoms in total. The fraction of sp³-hybridized carbons (Fsp3) is 0.500. The van der Waals surface area contributed by atoms with E-state index in [0.29, 0.717) is 44.2 Å². The summed E-state index contributed by atoms with van der Waals surface area (Å²) in [5.74, 6) is 0.193. The van der Waals surface area contributed by atoms with Gasteiger partial charge in [-0.15, -0.1) is 0 Å². The first kappa shape index (κ1) is 17.3. The third kappa shape index (κ3) is 3.76. The SMILES string of the molecule is CCc1ncnc(N2CCOC(CNc3nccn(C)c3=O)C2)c1F. The normalized spacial score (nSPS) is 17.6. The largest absolute Gasteiger partial charge is 0.373 e. The summed E-state index contributed by atoms with van der Waals surface area (Å²) in [6.07, 6.45) is 4.84. The lowest BCUT2D eigenvalue weighted by Gasteiger charge is -2.34. The highest BCUT2D eigenvalue weighted by Gasteiger charge is 2.25. The Morgan fingerprint density at radius 1 is 1.40 bits per heavy atom. The van der Waals surface area contributed by atoms with Crippen molar-refractivity contribution in [1.29, 1.82) is 0 Å². The van der Waals surface area contributed by atoms with E-state index in [4.69, 9.17) is 4.74 Å². The average Bonchev–Trinajstić information content (AvgIpc) is 2.63. The van der Waals surface area contributed by atoms with Gasteiger partial charge < -0.3 is 19.5 Å². The van der Waals surface area contributed by atoms with Crippen molar-refractivity contribution in [2.24, 2.45) is 7.05 Å². The molecule has 3 heterocycles. The van der Waals surface area contributed by atoms with Crippen molar-refractivity contribution in [1.82, 2.24) is 19.5 Å². The second kappa shape index (κ2) is 7.56. The van der Waals surface area contributed by atoms with E-state index in [9.17, 15) is 9.18 Å². The summed E-state index contributed by atoms with van der Waals surface area (Å²) in [6, 6.07) is 0. The number of nitrogens with zero attached hydrogens (tertiary/aromatic N) is 5. The number of anilines is 2. The van der Waals surface area contributed by atoms with Gasteiger partial charge in [-0.25, -0.2) is 19.3 Å². The molecule has 0 spiro atoms. The highest BCUT2D eigenvalue weighted by molar-refractivity contribution is 5.42. The summed E-state index contributed by atoms with van der Waals surface area (Å²) in [4.78, 5) is 25.9. The third-order valence-electron chi connectivity index (χ3n) is 4.13. The summed E-state index contributed by atoms with van der Waals surface area (Å²) in [5, 5.41) is 3.01. The Labute approximate surface area is 144 Å². The first-order valence-electron chi connectivity index (χ1n) is 8.21. The number of rotatable bonds is 5. The minimum atomic E-state index is -0.378. The molecule has 0 aliphatic carbocycles. The van der Waals surface area contributed by atoms with Crippen molar-refractivity contribution < 1.29 is 9.13 Å². The molecule has 1 atom stereocenters. The summed E-state index contributed by atoms with van der Waals surface area (Å²) in [7, 11) is 1.66. The molecule has 134 valence electrons. The number of hydrogen-bond donors (Lipinski definition) is 1. The van der Waals surface area contributed by atoms with E-state index in [-0.39, 0.29) is 23.3 Å². The number of hydrogen-bond acceptors (Lipinski definition) is 7. The number of morpholine rings is 1. The molecule has 2 aromatic heterocycles. The van der Waals surface area contributed by atoms with Crippen molar-refractivity contribution >= 4 is 11.6 Å². The van der Waals surface area contributed by atoms with Gasteiger partial charge in [-0.1, -0.05) is 6.92 Å². The van der Waals surface area contributed by atoms with E-state index >= 15 is 0 Å². The quantitative estimate of drug-likeness (QED) is 0.846. The van der Waals surface area contributed by atoms with E-state index in [1.165, 1.54) is 10.9 Å². The molecular formula is C16H21FN6O2. The standard InChI is InChI=1S/C16H21FN6O2/c1-3-12-13(17)15(21-10-20-12)23-6-7-25-11(9-23)8-19-14-16(24)22(2)5-4-18-14/h4-5,10-11H,3,6-9H2,1-2H3,(H,18,19). The smallest absolute Gasteiger partial charge is 0.293 e. The minimum absolute atomic E-state index is 0.204. The zero-order valence-electron chi connectivity index (χ0n) is 14.3. The Kier molecular flexibility index (Phi) is 5.22. The molecule has 3 rings (SSSR count). The maximum Gasteiger partial charge on any atom is 0.293 e. The lowest BCUT2D eigenvalue weighted by atomic mass is 10.2. The number of ether oxygens (including phenoxy) is 1. The molecule has 1 aliphatic rings. The van der Waals surface area contributed by atoms with Crippen molar-refractivity contribution in [3.63, 3.8) is 0 Å². The Hall–Kier alpha value is -2.55. The van der Waals surface area contributed by atoms with Gasteiger partial charge in [-0.2, -0.15) is 0 Å². The Balaban J connectivity index is 1.67. The van der Waals surface area contributed by atoms with Gasteiger partial charge in [0.2, 0.25) is 0 Å². The van der Waals surface area contributed by atoms with E-state index in [1.54, 1.807) is 19.4 Å². The molecule has 2 aromatic rings. The lowest BCUT2D eigenvalue weighted by Crippen LogP contribution is -2.46. The molecule has 0 aromatic carbocycles. The predicted octanol–water partition coefficient (Wildman–Crippen LogP) is 0.589. The van der Waals surface area contributed by atoms with Crippen LogP contribution in [0.25, 0.3) is 0 Å². The van der Waals surface area contributed by atoms with Gasteiger partial charge in [-0.05, 0) is 6.42 Å². The van der Waals surface area contributed by atoms with Crippen LogP contribution in [0.5, 0.6) is 0 Å². The molecule has 1 N–H and O–H groups in total. The summed E-state index contributed by atoms with van der Waals surface area (Å²) in [5.41, 5.74) is 0.202. The van der Waals surface area contributed by atoms with Gasteiger partial charge in [-0.3, -0.25) is 4.79 Å². The minimum Gasteiger partial charge on any atom is -0.373 e. The molecule has 25 heavy (non-hydrogen) atoms. The topological polar surface area (TPSA) is 85.2 Å². The maximum absolute atomic E-state index is 14.5. The molecule has 1 fully saturated rings. The van der Waals surface area contributed by atoms with Crippen LogP contribution in [0.4, 0.5) is 16.0 Å². The Morgan fingerprint density at radius 2 is 2.24 bits per heavy atom. The fourth-order valence-electron chi connectivity index (χ4n) is 2.73. The molecule has 0 radical (unpaired) electrons. The zero-order chi connectivity index (χ0) is 17.8. The van der Waals surface area contributed by atoms with E-state index in [0.717, 1.165) is 0 Å². The van der Waals surface area contributed by atoms with E-state index in [1.807, 2.05) is 11.8 Å². The second-order valence-electron chi connectivity index (χ2n) is 5.82. The van der Waals surface area contributed by atoms with Gasteiger partial charge in [0.25, 0.3) is 5.56 Å². The Bertz CT molecular complexity index is 796. The van der Waals surface area contributed by atoms with Crippen LogP contribution in [0.15, 0.2) is 23.5 Å². The van der Waals surface area contributed by atoms with Gasteiger partial charge in [0.1, 0.15) is 6.33 Å². The van der Waals surface area contributed by atoms with Crippen LogP contribution >= 0.6 is 0 Å². The van der Waals surface area contributed by atoms with Crippen LogP contribution in [0.2, 0.25) is 0 Å². The maximum atomic E-state index is 14.5. The first-order chi connectivity index (χ1) is 12.1. The fourth-order valence-corrected chi connectivity index (χ4v) is 2.73. The van der Waals surface area contributed by atoms with E-state index < -0.39 is 0 Å². The second-order valence-corrected chi connectivity index (χ2v) is 5.82. The molecule has 1 aliphatic heterocycles. The lowest BCUT2D eigenvalue weighted by molar-refractivity contribution is 0.0486. The van der Waals surface area contributed by atoms with Crippen LogP contribution in [0, 0.1) is 5.82 Å². The average molecular weight is 348 g/mol. The summed E-state index contributed by atoms with van der Waals surface area (Å²) >= 11 is 0. The number of aromatic nitrogens is 4. The van der Waals surface area contributed by atoms with Crippen LogP contribution in [-0.2, 0) is 18.2 Å². The third-order valence-corrected chi connectivity index (χ3v) is 4.13. The van der Waals surface area contributed by atoms with Crippen molar-refractivity contribution in [2.75, 3.05) is 36.5 Å². The molecule has 0 saturated carbocycles. The zero-order valence-corrected chi connectivity index (χ0v) is 14.3. The monoisotopic (exact) mass is 348 g/mol. The van der Waals surface area contributed by atoms with Crippen LogP contribution in [-0.4, -0.2) is 51.9 Å². The number of nitrogens with one attached hydrogen (secondary N) is 1. The van der Waals surface area contributed by atoms with E-state index in [2.05, 4.69) is 20.3 Å². The van der Waals surface area contributed by atoms with Crippen LogP contribution < -0.4 is 15.8 Å². The molecular weight excluding hydrogens is 327 g/mol. The highest BCUT2D eigenvalue weighted by atomic mass is 19.1.